The number of carbonyl (C=O) groups excluding carboxylic acids is 1. The summed E-state index contributed by atoms with van der Waals surface area (Å²) in [5, 5.41) is 10.2. The van der Waals surface area contributed by atoms with Crippen LogP contribution >= 0.6 is 0 Å². The third kappa shape index (κ3) is 5.42. The lowest BCUT2D eigenvalue weighted by molar-refractivity contribution is -0.141. The van der Waals surface area contributed by atoms with Crippen molar-refractivity contribution in [1.82, 2.24) is 4.57 Å². The maximum absolute atomic E-state index is 12.5. The molecule has 0 spiro atoms. The van der Waals surface area contributed by atoms with Crippen molar-refractivity contribution in [2.75, 3.05) is 27.4 Å². The van der Waals surface area contributed by atoms with Gasteiger partial charge in [0.2, 0.25) is 0 Å². The van der Waals surface area contributed by atoms with E-state index < -0.39 is 0 Å². The van der Waals surface area contributed by atoms with Crippen molar-refractivity contribution in [1.29, 1.82) is 0 Å². The summed E-state index contributed by atoms with van der Waals surface area (Å²) < 4.78 is 23.9. The summed E-state index contributed by atoms with van der Waals surface area (Å²) in [7, 11) is 3.21. The molecule has 7 heteroatoms. The number of hydrogen-bond acceptors (Lipinski definition) is 6. The Morgan fingerprint density at radius 2 is 1.67 bits per heavy atom. The second-order valence-electron chi connectivity index (χ2n) is 8.17. The number of ether oxygens (including phenoxy) is 4. The van der Waals surface area contributed by atoms with E-state index in [4.69, 9.17) is 18.9 Å². The lowest BCUT2D eigenvalue weighted by Crippen LogP contribution is -2.20. The molecule has 174 valence electrons. The monoisotopic (exact) mass is 451 g/mol. The molecule has 1 aliphatic rings. The largest absolute Gasteiger partial charge is 0.504 e. The van der Waals surface area contributed by atoms with Crippen molar-refractivity contribution in [3.05, 3.63) is 72.1 Å². The number of phenols is 1. The van der Waals surface area contributed by atoms with Crippen LogP contribution in [0.1, 0.15) is 11.1 Å². The third-order valence-electron chi connectivity index (χ3n) is 6.01. The van der Waals surface area contributed by atoms with Gasteiger partial charge in [0.25, 0.3) is 0 Å². The van der Waals surface area contributed by atoms with E-state index in [1.165, 1.54) is 0 Å². The second-order valence-corrected chi connectivity index (χ2v) is 8.17. The highest BCUT2D eigenvalue weighted by molar-refractivity contribution is 5.75. The van der Waals surface area contributed by atoms with Gasteiger partial charge in [0.15, 0.2) is 23.0 Å². The number of carbonyl (C=O) groups is 1. The second kappa shape index (κ2) is 10.3. The molecular weight excluding hydrogens is 422 g/mol. The standard InChI is InChI=1S/C26H29NO6/c1-30-23-8-6-18(16-25(23)31-2)13-20-17-33-26(29)21(20)14-19-5-7-22(28)24(15-19)32-12-11-27-9-3-4-10-27/h3-10,15-16,20-21,28H,11-14,17H2,1-2H3/t20-,21+/m0/s1. The van der Waals surface area contributed by atoms with Crippen LogP contribution in [0.3, 0.4) is 0 Å². The maximum Gasteiger partial charge on any atom is 0.309 e. The summed E-state index contributed by atoms with van der Waals surface area (Å²) in [6, 6.07) is 15.0. The average molecular weight is 452 g/mol. The molecule has 0 unspecified atom stereocenters. The number of aromatic hydroxyl groups is 1. The van der Waals surface area contributed by atoms with Gasteiger partial charge >= 0.3 is 5.97 Å². The molecule has 2 atom stereocenters. The molecule has 1 fully saturated rings. The van der Waals surface area contributed by atoms with Gasteiger partial charge in [-0.2, -0.15) is 0 Å². The number of phenolic OH excluding ortho intramolecular Hbond substituents is 1. The fourth-order valence-electron chi connectivity index (χ4n) is 4.20. The molecule has 0 saturated carbocycles. The fraction of sp³-hybridized carbons (Fsp3) is 0.346. The van der Waals surface area contributed by atoms with Gasteiger partial charge in [-0.25, -0.2) is 0 Å². The van der Waals surface area contributed by atoms with Gasteiger partial charge in [-0.05, 0) is 60.4 Å². The van der Waals surface area contributed by atoms with E-state index in [0.717, 1.165) is 11.1 Å². The highest BCUT2D eigenvalue weighted by Gasteiger charge is 2.37. The third-order valence-corrected chi connectivity index (χ3v) is 6.01. The molecule has 2 aromatic carbocycles. The first kappa shape index (κ1) is 22.6. The minimum Gasteiger partial charge on any atom is -0.504 e. The van der Waals surface area contributed by atoms with E-state index in [1.807, 2.05) is 59.4 Å². The zero-order valence-electron chi connectivity index (χ0n) is 18.9. The van der Waals surface area contributed by atoms with Crippen molar-refractivity contribution >= 4 is 5.97 Å². The number of rotatable bonds is 10. The zero-order chi connectivity index (χ0) is 23.2. The first-order valence-electron chi connectivity index (χ1n) is 11.0. The van der Waals surface area contributed by atoms with Crippen molar-refractivity contribution in [3.63, 3.8) is 0 Å². The Balaban J connectivity index is 1.42. The highest BCUT2D eigenvalue weighted by atomic mass is 16.5. The Kier molecular flexibility index (Phi) is 7.07. The van der Waals surface area contributed by atoms with E-state index in [2.05, 4.69) is 0 Å². The van der Waals surface area contributed by atoms with Crippen LogP contribution in [0.15, 0.2) is 60.9 Å². The number of nitrogens with zero attached hydrogens (tertiary/aromatic N) is 1. The van der Waals surface area contributed by atoms with Crippen LogP contribution < -0.4 is 14.2 Å². The number of aromatic nitrogens is 1. The Bertz CT molecular complexity index is 1080. The zero-order valence-corrected chi connectivity index (χ0v) is 18.9. The molecule has 0 amide bonds. The lowest BCUT2D eigenvalue weighted by Gasteiger charge is -2.17. The van der Waals surface area contributed by atoms with Gasteiger partial charge < -0.3 is 28.6 Å². The molecule has 2 heterocycles. The predicted molar refractivity (Wildman–Crippen MR) is 123 cm³/mol. The van der Waals surface area contributed by atoms with Crippen molar-refractivity contribution in [2.45, 2.75) is 19.4 Å². The summed E-state index contributed by atoms with van der Waals surface area (Å²) in [4.78, 5) is 12.5. The molecule has 3 aromatic rings. The van der Waals surface area contributed by atoms with E-state index in [9.17, 15) is 9.90 Å². The Morgan fingerprint density at radius 3 is 2.42 bits per heavy atom. The quantitative estimate of drug-likeness (QED) is 0.472. The van der Waals surface area contributed by atoms with Crippen molar-refractivity contribution in [2.24, 2.45) is 11.8 Å². The first-order chi connectivity index (χ1) is 16.1. The molecule has 1 N–H and O–H groups in total. The predicted octanol–water partition coefficient (Wildman–Crippen LogP) is 3.86. The van der Waals surface area contributed by atoms with Gasteiger partial charge in [-0.15, -0.1) is 0 Å². The number of benzene rings is 2. The average Bonchev–Trinajstić information content (AvgIpc) is 3.46. The number of cyclic esters (lactones) is 1. The SMILES string of the molecule is COc1ccc(C[C@H]2COC(=O)[C@@H]2Cc2ccc(O)c(OCCn3cccc3)c2)cc1OC. The van der Waals surface area contributed by atoms with Crippen molar-refractivity contribution in [3.8, 4) is 23.0 Å². The number of hydrogen-bond donors (Lipinski definition) is 1. The minimum atomic E-state index is -0.268. The van der Waals surface area contributed by atoms with Crippen LogP contribution in [-0.2, 0) is 28.9 Å². The van der Waals surface area contributed by atoms with Gasteiger partial charge in [-0.1, -0.05) is 12.1 Å². The summed E-state index contributed by atoms with van der Waals surface area (Å²) in [6.45, 7) is 1.49. The van der Waals surface area contributed by atoms with E-state index in [0.29, 0.717) is 49.8 Å². The Morgan fingerprint density at radius 1 is 0.970 bits per heavy atom. The number of esters is 1. The fourth-order valence-corrected chi connectivity index (χ4v) is 4.20. The van der Waals surface area contributed by atoms with Gasteiger partial charge in [0.05, 0.1) is 33.3 Å². The highest BCUT2D eigenvalue weighted by Crippen LogP contribution is 2.34. The summed E-state index contributed by atoms with van der Waals surface area (Å²) in [6.07, 6.45) is 5.13. The van der Waals surface area contributed by atoms with Crippen LogP contribution in [0.2, 0.25) is 0 Å². The molecular formula is C26H29NO6. The van der Waals surface area contributed by atoms with E-state index in [1.54, 1.807) is 20.3 Å². The smallest absolute Gasteiger partial charge is 0.309 e. The molecule has 0 bridgehead atoms. The van der Waals surface area contributed by atoms with Crippen LogP contribution in [0.4, 0.5) is 0 Å². The van der Waals surface area contributed by atoms with Crippen LogP contribution in [0, 0.1) is 11.8 Å². The van der Waals surface area contributed by atoms with E-state index in [-0.39, 0.29) is 23.6 Å². The number of methoxy groups -OCH3 is 2. The molecule has 1 saturated heterocycles. The Hall–Kier alpha value is -3.61. The minimum absolute atomic E-state index is 0.0440. The summed E-state index contributed by atoms with van der Waals surface area (Å²) >= 11 is 0. The molecule has 0 aliphatic carbocycles. The Labute approximate surface area is 193 Å². The van der Waals surface area contributed by atoms with Crippen LogP contribution in [0.25, 0.3) is 0 Å². The van der Waals surface area contributed by atoms with Gasteiger partial charge in [-0.3, -0.25) is 4.79 Å². The normalized spacial score (nSPS) is 17.6. The molecule has 7 nitrogen and oxygen atoms in total. The van der Waals surface area contributed by atoms with E-state index >= 15 is 0 Å². The first-order valence-corrected chi connectivity index (χ1v) is 11.0. The van der Waals surface area contributed by atoms with Crippen LogP contribution in [0.5, 0.6) is 23.0 Å². The van der Waals surface area contributed by atoms with Crippen molar-refractivity contribution < 1.29 is 28.8 Å². The molecule has 0 radical (unpaired) electrons. The molecule has 1 aliphatic heterocycles. The molecule has 1 aromatic heterocycles. The summed E-state index contributed by atoms with van der Waals surface area (Å²) in [5.74, 6) is 1.42. The van der Waals surface area contributed by atoms with Gasteiger partial charge in [0.1, 0.15) is 6.61 Å². The summed E-state index contributed by atoms with van der Waals surface area (Å²) in [5.41, 5.74) is 1.98. The molecule has 4 rings (SSSR count). The van der Waals surface area contributed by atoms with Crippen LogP contribution in [-0.4, -0.2) is 43.1 Å². The topological polar surface area (TPSA) is 79.2 Å². The molecule has 33 heavy (non-hydrogen) atoms. The maximum atomic E-state index is 12.5. The lowest BCUT2D eigenvalue weighted by atomic mass is 9.85. The van der Waals surface area contributed by atoms with Gasteiger partial charge in [0, 0.05) is 18.3 Å².